The first kappa shape index (κ1) is 15.6. The van der Waals surface area contributed by atoms with Crippen LogP contribution in [-0.4, -0.2) is 0 Å². The highest BCUT2D eigenvalue weighted by Crippen LogP contribution is 2.29. The monoisotopic (exact) mass is 395 g/mol. The van der Waals surface area contributed by atoms with Crippen LogP contribution in [0.25, 0.3) is 0 Å². The van der Waals surface area contributed by atoms with Gasteiger partial charge >= 0.3 is 0 Å². The Labute approximate surface area is 138 Å². The molecule has 0 aliphatic heterocycles. The molecule has 0 radical (unpaired) electrons. The van der Waals surface area contributed by atoms with Gasteiger partial charge in [0.2, 0.25) is 0 Å². The molecule has 3 heteroatoms. The van der Waals surface area contributed by atoms with E-state index in [4.69, 9.17) is 0 Å². The largest absolute Gasteiger partial charge is 0.378 e. The summed E-state index contributed by atoms with van der Waals surface area (Å²) in [7, 11) is 0. The summed E-state index contributed by atoms with van der Waals surface area (Å²) in [5.74, 6) is 0. The Kier molecular flexibility index (Phi) is 5.67. The zero-order chi connectivity index (χ0) is 14.5. The summed E-state index contributed by atoms with van der Waals surface area (Å²) in [6, 6.07) is 15.3. The summed E-state index contributed by atoms with van der Waals surface area (Å²) in [4.78, 5) is 0. The van der Waals surface area contributed by atoms with Gasteiger partial charge in [-0.3, -0.25) is 0 Å². The standard InChI is InChI=1S/C17H19Br2N/c1-3-4-13-5-8-15(9-6-13)20-12(2)16-10-7-14(18)11-17(16)19/h5-12,20H,3-4H2,1-2H3. The van der Waals surface area contributed by atoms with Crippen LogP contribution in [-0.2, 0) is 6.42 Å². The van der Waals surface area contributed by atoms with Crippen LogP contribution in [0, 0.1) is 0 Å². The van der Waals surface area contributed by atoms with Crippen molar-refractivity contribution < 1.29 is 0 Å². The maximum Gasteiger partial charge on any atom is 0.0496 e. The zero-order valence-corrected chi connectivity index (χ0v) is 15.0. The van der Waals surface area contributed by atoms with Gasteiger partial charge in [0, 0.05) is 20.7 Å². The fourth-order valence-corrected chi connectivity index (χ4v) is 3.63. The minimum atomic E-state index is 0.259. The lowest BCUT2D eigenvalue weighted by Crippen LogP contribution is -2.07. The summed E-state index contributed by atoms with van der Waals surface area (Å²) in [5.41, 5.74) is 3.81. The molecule has 20 heavy (non-hydrogen) atoms. The SMILES string of the molecule is CCCc1ccc(NC(C)c2ccc(Br)cc2Br)cc1. The summed E-state index contributed by atoms with van der Waals surface area (Å²) in [5, 5.41) is 3.54. The van der Waals surface area contributed by atoms with E-state index in [1.54, 1.807) is 0 Å². The van der Waals surface area contributed by atoms with Crippen LogP contribution < -0.4 is 5.32 Å². The second-order valence-corrected chi connectivity index (χ2v) is 6.75. The number of hydrogen-bond acceptors (Lipinski definition) is 1. The van der Waals surface area contributed by atoms with Gasteiger partial charge in [-0.05, 0) is 48.7 Å². The van der Waals surface area contributed by atoms with Gasteiger partial charge in [0.15, 0.2) is 0 Å². The van der Waals surface area contributed by atoms with Crippen molar-refractivity contribution in [1.82, 2.24) is 0 Å². The predicted molar refractivity (Wildman–Crippen MR) is 94.3 cm³/mol. The molecular weight excluding hydrogens is 378 g/mol. The molecule has 1 unspecified atom stereocenters. The van der Waals surface area contributed by atoms with Crippen LogP contribution in [0.1, 0.15) is 37.4 Å². The Morgan fingerprint density at radius 1 is 1.05 bits per heavy atom. The van der Waals surface area contributed by atoms with Crippen LogP contribution in [0.3, 0.4) is 0 Å². The fraction of sp³-hybridized carbons (Fsp3) is 0.294. The molecule has 2 rings (SSSR count). The van der Waals surface area contributed by atoms with Crippen molar-refractivity contribution in [3.05, 3.63) is 62.5 Å². The van der Waals surface area contributed by atoms with E-state index in [9.17, 15) is 0 Å². The summed E-state index contributed by atoms with van der Waals surface area (Å²) in [6.45, 7) is 4.38. The molecule has 0 saturated heterocycles. The second kappa shape index (κ2) is 7.28. The molecule has 0 amide bonds. The third-order valence-electron chi connectivity index (χ3n) is 3.30. The minimum Gasteiger partial charge on any atom is -0.378 e. The van der Waals surface area contributed by atoms with Crippen molar-refractivity contribution in [3.8, 4) is 0 Å². The molecule has 0 spiro atoms. The van der Waals surface area contributed by atoms with Crippen molar-refractivity contribution in [2.45, 2.75) is 32.7 Å². The third-order valence-corrected chi connectivity index (χ3v) is 4.48. The van der Waals surface area contributed by atoms with Crippen molar-refractivity contribution in [1.29, 1.82) is 0 Å². The number of aryl methyl sites for hydroxylation is 1. The Morgan fingerprint density at radius 3 is 2.35 bits per heavy atom. The molecule has 2 aromatic carbocycles. The van der Waals surface area contributed by atoms with E-state index in [1.807, 2.05) is 0 Å². The summed E-state index contributed by atoms with van der Waals surface area (Å²) >= 11 is 7.11. The number of halogens is 2. The van der Waals surface area contributed by atoms with Gasteiger partial charge in [-0.2, -0.15) is 0 Å². The Morgan fingerprint density at radius 2 is 1.75 bits per heavy atom. The predicted octanol–water partition coefficient (Wildman–Crippen LogP) is 6.34. The van der Waals surface area contributed by atoms with Crippen LogP contribution in [0.15, 0.2) is 51.4 Å². The van der Waals surface area contributed by atoms with Gasteiger partial charge in [0.05, 0.1) is 0 Å². The maximum atomic E-state index is 3.62. The molecular formula is C17H19Br2N. The quantitative estimate of drug-likeness (QED) is 0.621. The molecule has 0 bridgehead atoms. The highest BCUT2D eigenvalue weighted by molar-refractivity contribution is 9.11. The average molecular weight is 397 g/mol. The number of anilines is 1. The lowest BCUT2D eigenvalue weighted by atomic mass is 10.1. The van der Waals surface area contributed by atoms with E-state index in [0.29, 0.717) is 0 Å². The Bertz CT molecular complexity index is 564. The van der Waals surface area contributed by atoms with E-state index < -0.39 is 0 Å². The molecule has 0 aromatic heterocycles. The summed E-state index contributed by atoms with van der Waals surface area (Å²) in [6.07, 6.45) is 2.34. The fourth-order valence-electron chi connectivity index (χ4n) is 2.24. The van der Waals surface area contributed by atoms with Gasteiger partial charge in [0.25, 0.3) is 0 Å². The van der Waals surface area contributed by atoms with Gasteiger partial charge in [-0.15, -0.1) is 0 Å². The molecule has 1 N–H and O–H groups in total. The number of nitrogens with one attached hydrogen (secondary N) is 1. The molecule has 1 nitrogen and oxygen atoms in total. The third kappa shape index (κ3) is 4.10. The number of hydrogen-bond donors (Lipinski definition) is 1. The molecule has 1 atom stereocenters. The average Bonchev–Trinajstić information content (AvgIpc) is 2.41. The molecule has 0 aliphatic carbocycles. The first-order valence-corrected chi connectivity index (χ1v) is 8.49. The van der Waals surface area contributed by atoms with Crippen LogP contribution in [0.5, 0.6) is 0 Å². The van der Waals surface area contributed by atoms with E-state index in [1.165, 1.54) is 17.5 Å². The van der Waals surface area contributed by atoms with Gasteiger partial charge in [0.1, 0.15) is 0 Å². The van der Waals surface area contributed by atoms with E-state index in [0.717, 1.165) is 21.1 Å². The normalized spacial score (nSPS) is 12.2. The first-order chi connectivity index (χ1) is 9.60. The molecule has 0 heterocycles. The number of benzene rings is 2. The molecule has 0 aliphatic rings. The van der Waals surface area contributed by atoms with Crippen LogP contribution in [0.4, 0.5) is 5.69 Å². The molecule has 106 valence electrons. The lowest BCUT2D eigenvalue weighted by molar-refractivity contribution is 0.876. The highest BCUT2D eigenvalue weighted by Gasteiger charge is 2.09. The number of rotatable bonds is 5. The first-order valence-electron chi connectivity index (χ1n) is 6.90. The van der Waals surface area contributed by atoms with Gasteiger partial charge < -0.3 is 5.32 Å². The smallest absolute Gasteiger partial charge is 0.0496 e. The second-order valence-electron chi connectivity index (χ2n) is 4.98. The zero-order valence-electron chi connectivity index (χ0n) is 11.8. The maximum absolute atomic E-state index is 3.62. The van der Waals surface area contributed by atoms with Crippen LogP contribution in [0.2, 0.25) is 0 Å². The van der Waals surface area contributed by atoms with Crippen molar-refractivity contribution in [3.63, 3.8) is 0 Å². The lowest BCUT2D eigenvalue weighted by Gasteiger charge is -2.17. The van der Waals surface area contributed by atoms with Crippen molar-refractivity contribution in [2.75, 3.05) is 5.32 Å². The van der Waals surface area contributed by atoms with E-state index >= 15 is 0 Å². The van der Waals surface area contributed by atoms with Gasteiger partial charge in [-0.1, -0.05) is 63.4 Å². The van der Waals surface area contributed by atoms with Crippen LogP contribution >= 0.6 is 31.9 Å². The van der Waals surface area contributed by atoms with Crippen molar-refractivity contribution >= 4 is 37.5 Å². The molecule has 0 fully saturated rings. The Balaban J connectivity index is 2.08. The van der Waals surface area contributed by atoms with Crippen molar-refractivity contribution in [2.24, 2.45) is 0 Å². The molecule has 2 aromatic rings. The Hall–Kier alpha value is -0.800. The topological polar surface area (TPSA) is 12.0 Å². The van der Waals surface area contributed by atoms with E-state index in [2.05, 4.69) is 93.5 Å². The highest BCUT2D eigenvalue weighted by atomic mass is 79.9. The van der Waals surface area contributed by atoms with E-state index in [-0.39, 0.29) is 6.04 Å². The summed E-state index contributed by atoms with van der Waals surface area (Å²) < 4.78 is 2.21. The molecule has 0 saturated carbocycles. The van der Waals surface area contributed by atoms with Gasteiger partial charge in [-0.25, -0.2) is 0 Å². The minimum absolute atomic E-state index is 0.259.